The lowest BCUT2D eigenvalue weighted by Gasteiger charge is -2.11. The maximum atomic E-state index is 11.2. The second kappa shape index (κ2) is 12.8. The van der Waals surface area contributed by atoms with Gasteiger partial charge in [-0.1, -0.05) is 13.8 Å². The molecule has 0 atom stereocenters. The van der Waals surface area contributed by atoms with Gasteiger partial charge >= 0.3 is 5.97 Å². The zero-order valence-corrected chi connectivity index (χ0v) is 13.5. The first kappa shape index (κ1) is 18.7. The summed E-state index contributed by atoms with van der Waals surface area (Å²) in [6.45, 7) is 11.2. The van der Waals surface area contributed by atoms with E-state index < -0.39 is 0 Å². The fraction of sp³-hybridized carbons (Fsp3) is 0.867. The Hall–Kier alpha value is -1.26. The average molecular weight is 285 g/mol. The Bertz CT molecular complexity index is 278. The Morgan fingerprint density at radius 1 is 1.20 bits per heavy atom. The topological polar surface area (TPSA) is 62.7 Å². The van der Waals surface area contributed by atoms with E-state index in [0.29, 0.717) is 19.6 Å². The van der Waals surface area contributed by atoms with E-state index in [9.17, 15) is 4.79 Å². The third kappa shape index (κ3) is 11.8. The quantitative estimate of drug-likeness (QED) is 0.280. The Morgan fingerprint density at radius 2 is 1.95 bits per heavy atom. The molecule has 0 spiro atoms. The van der Waals surface area contributed by atoms with Crippen molar-refractivity contribution in [1.29, 1.82) is 0 Å². The summed E-state index contributed by atoms with van der Waals surface area (Å²) in [5.74, 6) is 1.43. The Balaban J connectivity index is 3.85. The smallest absolute Gasteiger partial charge is 0.305 e. The van der Waals surface area contributed by atoms with Crippen LogP contribution in [0.2, 0.25) is 0 Å². The minimum atomic E-state index is -0.141. The molecular formula is C15H31N3O2. The largest absolute Gasteiger partial charge is 0.466 e. The Labute approximate surface area is 123 Å². The van der Waals surface area contributed by atoms with Crippen molar-refractivity contribution in [2.75, 3.05) is 26.2 Å². The SMILES string of the molecule is CCNC(=NCCCC(=O)OCC)NCCCC(C)C. The first-order chi connectivity index (χ1) is 9.60. The number of guanidine groups is 1. The van der Waals surface area contributed by atoms with E-state index in [0.717, 1.165) is 37.8 Å². The lowest BCUT2D eigenvalue weighted by atomic mass is 10.1. The van der Waals surface area contributed by atoms with Gasteiger partial charge in [0.15, 0.2) is 5.96 Å². The summed E-state index contributed by atoms with van der Waals surface area (Å²) in [6, 6.07) is 0. The van der Waals surface area contributed by atoms with Crippen LogP contribution >= 0.6 is 0 Å². The first-order valence-electron chi connectivity index (χ1n) is 7.77. The van der Waals surface area contributed by atoms with Crippen LogP contribution in [0, 0.1) is 5.92 Å². The van der Waals surface area contributed by atoms with Crippen LogP contribution in [0.3, 0.4) is 0 Å². The molecule has 0 aliphatic carbocycles. The van der Waals surface area contributed by atoms with E-state index >= 15 is 0 Å². The van der Waals surface area contributed by atoms with E-state index in [4.69, 9.17) is 4.74 Å². The molecule has 0 radical (unpaired) electrons. The second-order valence-corrected chi connectivity index (χ2v) is 5.13. The summed E-state index contributed by atoms with van der Waals surface area (Å²) in [5.41, 5.74) is 0. The van der Waals surface area contributed by atoms with Gasteiger partial charge in [0, 0.05) is 26.1 Å². The predicted octanol–water partition coefficient (Wildman–Crippen LogP) is 2.32. The molecule has 5 heteroatoms. The Morgan fingerprint density at radius 3 is 2.55 bits per heavy atom. The highest BCUT2D eigenvalue weighted by Gasteiger charge is 2.01. The molecule has 0 aromatic rings. The van der Waals surface area contributed by atoms with E-state index in [1.165, 1.54) is 6.42 Å². The van der Waals surface area contributed by atoms with Crippen LogP contribution in [-0.2, 0) is 9.53 Å². The van der Waals surface area contributed by atoms with Crippen molar-refractivity contribution in [2.45, 2.75) is 53.4 Å². The van der Waals surface area contributed by atoms with Gasteiger partial charge in [-0.3, -0.25) is 9.79 Å². The highest BCUT2D eigenvalue weighted by Crippen LogP contribution is 2.01. The number of esters is 1. The van der Waals surface area contributed by atoms with Crippen LogP contribution in [-0.4, -0.2) is 38.2 Å². The van der Waals surface area contributed by atoms with E-state index in [2.05, 4.69) is 29.5 Å². The fourth-order valence-electron chi connectivity index (χ4n) is 1.71. The van der Waals surface area contributed by atoms with Crippen molar-refractivity contribution in [1.82, 2.24) is 10.6 Å². The van der Waals surface area contributed by atoms with Gasteiger partial charge in [-0.15, -0.1) is 0 Å². The normalized spacial score (nSPS) is 11.6. The molecule has 0 aromatic carbocycles. The monoisotopic (exact) mass is 285 g/mol. The number of nitrogens with zero attached hydrogens (tertiary/aromatic N) is 1. The maximum Gasteiger partial charge on any atom is 0.305 e. The van der Waals surface area contributed by atoms with Crippen molar-refractivity contribution in [3.8, 4) is 0 Å². The molecule has 0 bridgehead atoms. The van der Waals surface area contributed by atoms with Gasteiger partial charge in [-0.2, -0.15) is 0 Å². The third-order valence-corrected chi connectivity index (χ3v) is 2.71. The summed E-state index contributed by atoms with van der Waals surface area (Å²) in [7, 11) is 0. The molecule has 0 saturated carbocycles. The standard InChI is InChI=1S/C15H31N3O2/c1-5-16-15(17-11-7-9-13(3)4)18-12-8-10-14(19)20-6-2/h13H,5-12H2,1-4H3,(H2,16,17,18). The molecular weight excluding hydrogens is 254 g/mol. The maximum absolute atomic E-state index is 11.2. The third-order valence-electron chi connectivity index (χ3n) is 2.71. The van der Waals surface area contributed by atoms with Gasteiger partial charge in [0.2, 0.25) is 0 Å². The summed E-state index contributed by atoms with van der Waals surface area (Å²) in [5, 5.41) is 6.52. The molecule has 5 nitrogen and oxygen atoms in total. The summed E-state index contributed by atoms with van der Waals surface area (Å²) in [6.07, 6.45) is 3.52. The van der Waals surface area contributed by atoms with E-state index in [-0.39, 0.29) is 5.97 Å². The molecule has 118 valence electrons. The number of ether oxygens (including phenoxy) is 1. The Kier molecular flexibility index (Phi) is 12.0. The molecule has 0 aromatic heterocycles. The van der Waals surface area contributed by atoms with Gasteiger partial charge in [-0.05, 0) is 39.0 Å². The zero-order chi connectivity index (χ0) is 15.2. The van der Waals surface area contributed by atoms with Crippen LogP contribution in [0.15, 0.2) is 4.99 Å². The van der Waals surface area contributed by atoms with Gasteiger partial charge in [0.05, 0.1) is 6.61 Å². The summed E-state index contributed by atoms with van der Waals surface area (Å²) < 4.78 is 4.88. The molecule has 0 fully saturated rings. The summed E-state index contributed by atoms with van der Waals surface area (Å²) >= 11 is 0. The van der Waals surface area contributed by atoms with E-state index in [1.807, 2.05) is 13.8 Å². The average Bonchev–Trinajstić information content (AvgIpc) is 2.39. The van der Waals surface area contributed by atoms with Crippen LogP contribution in [0.25, 0.3) is 0 Å². The molecule has 0 amide bonds. The van der Waals surface area contributed by atoms with Gasteiger partial charge in [-0.25, -0.2) is 0 Å². The van der Waals surface area contributed by atoms with E-state index in [1.54, 1.807) is 0 Å². The van der Waals surface area contributed by atoms with Crippen molar-refractivity contribution < 1.29 is 9.53 Å². The zero-order valence-electron chi connectivity index (χ0n) is 13.5. The number of hydrogen-bond donors (Lipinski definition) is 2. The molecule has 0 rings (SSSR count). The van der Waals surface area contributed by atoms with Crippen LogP contribution in [0.1, 0.15) is 53.4 Å². The van der Waals surface area contributed by atoms with Crippen molar-refractivity contribution in [3.63, 3.8) is 0 Å². The second-order valence-electron chi connectivity index (χ2n) is 5.13. The molecule has 0 aliphatic heterocycles. The molecule has 0 unspecified atom stereocenters. The van der Waals surface area contributed by atoms with Crippen LogP contribution in [0.5, 0.6) is 0 Å². The molecule has 0 heterocycles. The first-order valence-corrected chi connectivity index (χ1v) is 7.77. The van der Waals surface area contributed by atoms with Crippen molar-refractivity contribution in [2.24, 2.45) is 10.9 Å². The highest BCUT2D eigenvalue weighted by molar-refractivity contribution is 5.79. The lowest BCUT2D eigenvalue weighted by Crippen LogP contribution is -2.38. The minimum Gasteiger partial charge on any atom is -0.466 e. The number of carbonyl (C=O) groups is 1. The number of rotatable bonds is 10. The molecule has 2 N–H and O–H groups in total. The summed E-state index contributed by atoms with van der Waals surface area (Å²) in [4.78, 5) is 15.6. The number of carbonyl (C=O) groups excluding carboxylic acids is 1. The molecule has 20 heavy (non-hydrogen) atoms. The minimum absolute atomic E-state index is 0.141. The van der Waals surface area contributed by atoms with Crippen LogP contribution in [0.4, 0.5) is 0 Å². The number of aliphatic imine (C=N–C) groups is 1. The van der Waals surface area contributed by atoms with Crippen molar-refractivity contribution in [3.05, 3.63) is 0 Å². The van der Waals surface area contributed by atoms with Gasteiger partial charge in [0.25, 0.3) is 0 Å². The lowest BCUT2D eigenvalue weighted by molar-refractivity contribution is -0.143. The number of hydrogen-bond acceptors (Lipinski definition) is 3. The molecule has 0 saturated heterocycles. The number of nitrogens with one attached hydrogen (secondary N) is 2. The predicted molar refractivity (Wildman–Crippen MR) is 83.9 cm³/mol. The van der Waals surface area contributed by atoms with Gasteiger partial charge < -0.3 is 15.4 Å². The van der Waals surface area contributed by atoms with Gasteiger partial charge in [0.1, 0.15) is 0 Å². The highest BCUT2D eigenvalue weighted by atomic mass is 16.5. The van der Waals surface area contributed by atoms with Crippen LogP contribution < -0.4 is 10.6 Å². The fourth-order valence-corrected chi connectivity index (χ4v) is 1.71. The van der Waals surface area contributed by atoms with Crippen molar-refractivity contribution >= 4 is 11.9 Å². The molecule has 0 aliphatic rings.